The van der Waals surface area contributed by atoms with Gasteiger partial charge in [0.2, 0.25) is 5.91 Å². The molecule has 1 aliphatic rings. The SMILES string of the molecule is CCN(C(=O)CCN1CCN(C/C=C/c2ccccc2)CC1)c1ccccc1. The molecule has 3 rings (SSSR count). The number of benzene rings is 2. The number of para-hydroxylation sites is 1. The summed E-state index contributed by atoms with van der Waals surface area (Å²) in [7, 11) is 0. The van der Waals surface area contributed by atoms with E-state index in [0.29, 0.717) is 13.0 Å². The van der Waals surface area contributed by atoms with Gasteiger partial charge in [0.05, 0.1) is 0 Å². The number of amides is 1. The molecule has 0 radical (unpaired) electrons. The molecule has 1 heterocycles. The number of piperazine rings is 1. The van der Waals surface area contributed by atoms with E-state index in [-0.39, 0.29) is 5.91 Å². The first kappa shape index (κ1) is 20.3. The number of hydrogen-bond acceptors (Lipinski definition) is 3. The molecular weight excluding hydrogens is 346 g/mol. The Hall–Kier alpha value is -2.43. The molecule has 0 bridgehead atoms. The highest BCUT2D eigenvalue weighted by Crippen LogP contribution is 2.14. The molecule has 4 nitrogen and oxygen atoms in total. The molecule has 28 heavy (non-hydrogen) atoms. The van der Waals surface area contributed by atoms with Crippen LogP contribution in [0.4, 0.5) is 5.69 Å². The minimum atomic E-state index is 0.210. The van der Waals surface area contributed by atoms with E-state index in [4.69, 9.17) is 0 Å². The van der Waals surface area contributed by atoms with Crippen molar-refractivity contribution in [3.63, 3.8) is 0 Å². The smallest absolute Gasteiger partial charge is 0.228 e. The second-order valence-electron chi connectivity index (χ2n) is 7.18. The topological polar surface area (TPSA) is 26.8 Å². The number of anilines is 1. The Labute approximate surface area is 169 Å². The van der Waals surface area contributed by atoms with Crippen LogP contribution in [0.1, 0.15) is 18.9 Å². The Bertz CT molecular complexity index is 737. The minimum Gasteiger partial charge on any atom is -0.313 e. The summed E-state index contributed by atoms with van der Waals surface area (Å²) in [5.74, 6) is 0.210. The second kappa shape index (κ2) is 10.8. The minimum absolute atomic E-state index is 0.210. The van der Waals surface area contributed by atoms with Crippen molar-refractivity contribution < 1.29 is 4.79 Å². The largest absolute Gasteiger partial charge is 0.313 e. The lowest BCUT2D eigenvalue weighted by molar-refractivity contribution is -0.119. The van der Waals surface area contributed by atoms with Gasteiger partial charge in [-0.3, -0.25) is 9.69 Å². The van der Waals surface area contributed by atoms with E-state index in [9.17, 15) is 4.79 Å². The van der Waals surface area contributed by atoms with Crippen LogP contribution in [0.15, 0.2) is 66.7 Å². The van der Waals surface area contributed by atoms with Crippen LogP contribution >= 0.6 is 0 Å². The second-order valence-corrected chi connectivity index (χ2v) is 7.18. The molecule has 1 aliphatic heterocycles. The van der Waals surface area contributed by atoms with E-state index in [1.165, 1.54) is 5.56 Å². The zero-order valence-electron chi connectivity index (χ0n) is 16.8. The van der Waals surface area contributed by atoms with E-state index in [1.807, 2.05) is 48.2 Å². The number of carbonyl (C=O) groups excluding carboxylic acids is 1. The average Bonchev–Trinajstić information content (AvgIpc) is 2.75. The molecular formula is C24H31N3O. The molecule has 148 valence electrons. The van der Waals surface area contributed by atoms with Crippen molar-refractivity contribution in [3.05, 3.63) is 72.3 Å². The van der Waals surface area contributed by atoms with Gasteiger partial charge in [-0.05, 0) is 24.6 Å². The van der Waals surface area contributed by atoms with E-state index in [1.54, 1.807) is 0 Å². The van der Waals surface area contributed by atoms with Crippen molar-refractivity contribution in [2.75, 3.05) is 50.7 Å². The van der Waals surface area contributed by atoms with Crippen LogP contribution in [0.5, 0.6) is 0 Å². The predicted molar refractivity (Wildman–Crippen MR) is 117 cm³/mol. The quantitative estimate of drug-likeness (QED) is 0.701. The Morgan fingerprint density at radius 1 is 0.929 bits per heavy atom. The van der Waals surface area contributed by atoms with Crippen LogP contribution in [0, 0.1) is 0 Å². The zero-order chi connectivity index (χ0) is 19.6. The van der Waals surface area contributed by atoms with E-state index >= 15 is 0 Å². The molecule has 0 aliphatic carbocycles. The van der Waals surface area contributed by atoms with Crippen LogP contribution in [0.3, 0.4) is 0 Å². The van der Waals surface area contributed by atoms with Crippen molar-refractivity contribution in [1.29, 1.82) is 0 Å². The van der Waals surface area contributed by atoms with Gasteiger partial charge in [0, 0.05) is 57.9 Å². The summed E-state index contributed by atoms with van der Waals surface area (Å²) in [6.45, 7) is 8.76. The van der Waals surface area contributed by atoms with Gasteiger partial charge in [-0.2, -0.15) is 0 Å². The highest BCUT2D eigenvalue weighted by molar-refractivity contribution is 5.93. The van der Waals surface area contributed by atoms with Gasteiger partial charge < -0.3 is 9.80 Å². The monoisotopic (exact) mass is 377 g/mol. The third kappa shape index (κ3) is 6.04. The van der Waals surface area contributed by atoms with E-state index in [0.717, 1.165) is 45.0 Å². The number of hydrogen-bond donors (Lipinski definition) is 0. The molecule has 2 aromatic rings. The molecule has 4 heteroatoms. The highest BCUT2D eigenvalue weighted by atomic mass is 16.2. The lowest BCUT2D eigenvalue weighted by Crippen LogP contribution is -2.47. The van der Waals surface area contributed by atoms with Crippen LogP contribution in [0.2, 0.25) is 0 Å². The van der Waals surface area contributed by atoms with Gasteiger partial charge in [-0.15, -0.1) is 0 Å². The third-order valence-corrected chi connectivity index (χ3v) is 5.27. The molecule has 1 amide bonds. The lowest BCUT2D eigenvalue weighted by atomic mass is 10.2. The van der Waals surface area contributed by atoms with Crippen molar-refractivity contribution in [3.8, 4) is 0 Å². The molecule has 0 N–H and O–H groups in total. The van der Waals surface area contributed by atoms with Gasteiger partial charge in [0.25, 0.3) is 0 Å². The first-order valence-electron chi connectivity index (χ1n) is 10.3. The highest BCUT2D eigenvalue weighted by Gasteiger charge is 2.19. The summed E-state index contributed by atoms with van der Waals surface area (Å²) in [5.41, 5.74) is 2.24. The van der Waals surface area contributed by atoms with Gasteiger partial charge in [0.15, 0.2) is 0 Å². The summed E-state index contributed by atoms with van der Waals surface area (Å²) >= 11 is 0. The first-order chi connectivity index (χ1) is 13.8. The molecule has 0 saturated carbocycles. The molecule has 1 saturated heterocycles. The Morgan fingerprint density at radius 2 is 1.54 bits per heavy atom. The van der Waals surface area contributed by atoms with Gasteiger partial charge in [-0.1, -0.05) is 60.7 Å². The fraction of sp³-hybridized carbons (Fsp3) is 0.375. The maximum absolute atomic E-state index is 12.6. The number of rotatable bonds is 8. The zero-order valence-corrected chi connectivity index (χ0v) is 16.8. The van der Waals surface area contributed by atoms with Crippen LogP contribution in [0.25, 0.3) is 6.08 Å². The predicted octanol–water partition coefficient (Wildman–Crippen LogP) is 3.76. The van der Waals surface area contributed by atoms with Crippen molar-refractivity contribution in [1.82, 2.24) is 9.80 Å². The van der Waals surface area contributed by atoms with Gasteiger partial charge in [-0.25, -0.2) is 0 Å². The number of carbonyl (C=O) groups is 1. The maximum Gasteiger partial charge on any atom is 0.228 e. The summed E-state index contributed by atoms with van der Waals surface area (Å²) in [4.78, 5) is 19.4. The molecule has 1 fully saturated rings. The molecule has 0 unspecified atom stereocenters. The normalized spacial score (nSPS) is 15.8. The fourth-order valence-electron chi connectivity index (χ4n) is 3.60. The van der Waals surface area contributed by atoms with Gasteiger partial charge >= 0.3 is 0 Å². The van der Waals surface area contributed by atoms with Crippen LogP contribution in [-0.4, -0.2) is 61.5 Å². The standard InChI is InChI=1S/C24H31N3O/c1-2-27(23-13-7-4-8-14-23)24(28)15-17-26-20-18-25(19-21-26)16-9-12-22-10-5-3-6-11-22/h3-14H,2,15-21H2,1H3/b12-9+. The summed E-state index contributed by atoms with van der Waals surface area (Å²) in [6.07, 6.45) is 5.01. The average molecular weight is 378 g/mol. The summed E-state index contributed by atoms with van der Waals surface area (Å²) in [6, 6.07) is 20.4. The Kier molecular flexibility index (Phi) is 7.82. The van der Waals surface area contributed by atoms with E-state index in [2.05, 4.69) is 46.2 Å². The van der Waals surface area contributed by atoms with Gasteiger partial charge in [0.1, 0.15) is 0 Å². The first-order valence-corrected chi connectivity index (χ1v) is 10.3. The number of nitrogens with zero attached hydrogens (tertiary/aromatic N) is 3. The molecule has 2 aromatic carbocycles. The van der Waals surface area contributed by atoms with Crippen molar-refractivity contribution in [2.45, 2.75) is 13.3 Å². The van der Waals surface area contributed by atoms with Crippen LogP contribution in [-0.2, 0) is 4.79 Å². The van der Waals surface area contributed by atoms with Crippen molar-refractivity contribution in [2.24, 2.45) is 0 Å². The molecule has 0 spiro atoms. The molecule has 0 aromatic heterocycles. The molecule has 0 atom stereocenters. The summed E-state index contributed by atoms with van der Waals surface area (Å²) < 4.78 is 0. The van der Waals surface area contributed by atoms with Crippen LogP contribution < -0.4 is 4.90 Å². The Balaban J connectivity index is 1.38. The maximum atomic E-state index is 12.6. The van der Waals surface area contributed by atoms with E-state index < -0.39 is 0 Å². The van der Waals surface area contributed by atoms with Crippen molar-refractivity contribution >= 4 is 17.7 Å². The fourth-order valence-corrected chi connectivity index (χ4v) is 3.60. The third-order valence-electron chi connectivity index (χ3n) is 5.27. The summed E-state index contributed by atoms with van der Waals surface area (Å²) in [5, 5.41) is 0. The lowest BCUT2D eigenvalue weighted by Gasteiger charge is -2.34. The Morgan fingerprint density at radius 3 is 2.18 bits per heavy atom.